The summed E-state index contributed by atoms with van der Waals surface area (Å²) in [5.74, 6) is 0.602. The first kappa shape index (κ1) is 18.9. The van der Waals surface area contributed by atoms with Crippen LogP contribution in [0.3, 0.4) is 0 Å². The Bertz CT molecular complexity index is 376. The zero-order valence-corrected chi connectivity index (χ0v) is 16.8. The van der Waals surface area contributed by atoms with Gasteiger partial charge in [-0.15, -0.1) is 0 Å². The van der Waals surface area contributed by atoms with Gasteiger partial charge < -0.3 is 8.85 Å². The maximum atomic E-state index is 6.24. The Kier molecular flexibility index (Phi) is 8.08. The van der Waals surface area contributed by atoms with Crippen LogP contribution in [0.15, 0.2) is 23.3 Å². The summed E-state index contributed by atoms with van der Waals surface area (Å²) in [6.45, 7) is 8.55. The van der Waals surface area contributed by atoms with E-state index in [0.29, 0.717) is 5.92 Å². The molecule has 0 spiro atoms. The highest BCUT2D eigenvalue weighted by Gasteiger charge is 2.28. The third-order valence-electron chi connectivity index (χ3n) is 4.82. The fraction of sp³-hybridized carbons (Fsp3) is 0.800. The summed E-state index contributed by atoms with van der Waals surface area (Å²) in [7, 11) is -1.63. The second-order valence-electron chi connectivity index (χ2n) is 7.64. The van der Waals surface area contributed by atoms with Crippen molar-refractivity contribution in [3.63, 3.8) is 0 Å². The van der Waals surface area contributed by atoms with E-state index >= 15 is 0 Å². The highest BCUT2D eigenvalue weighted by atomic mass is 28.3. The molecule has 0 N–H and O–H groups in total. The molecule has 0 saturated carbocycles. The molecule has 0 aromatic carbocycles. The van der Waals surface area contributed by atoms with Crippen molar-refractivity contribution in [1.29, 1.82) is 0 Å². The third-order valence-corrected chi connectivity index (χ3v) is 7.38. The largest absolute Gasteiger partial charge is 0.394 e. The van der Waals surface area contributed by atoms with Crippen molar-refractivity contribution < 1.29 is 8.85 Å². The predicted molar refractivity (Wildman–Crippen MR) is 101 cm³/mol. The average molecular weight is 337 g/mol. The molecule has 0 fully saturated rings. The Morgan fingerprint density at radius 3 is 1.65 bits per heavy atom. The van der Waals surface area contributed by atoms with E-state index in [9.17, 15) is 0 Å². The van der Waals surface area contributed by atoms with Gasteiger partial charge in [0.2, 0.25) is 0 Å². The summed E-state index contributed by atoms with van der Waals surface area (Å²) in [6.07, 6.45) is 16.1. The van der Waals surface area contributed by atoms with E-state index in [1.54, 1.807) is 11.1 Å². The van der Waals surface area contributed by atoms with Crippen LogP contribution in [0.25, 0.3) is 0 Å². The van der Waals surface area contributed by atoms with E-state index in [4.69, 9.17) is 8.85 Å². The molecule has 2 nitrogen and oxygen atoms in total. The van der Waals surface area contributed by atoms with Crippen LogP contribution in [-0.2, 0) is 8.85 Å². The second kappa shape index (κ2) is 9.80. The fourth-order valence-corrected chi connectivity index (χ4v) is 6.33. The summed E-state index contributed by atoms with van der Waals surface area (Å²) in [6, 6.07) is 1.12. The van der Waals surface area contributed by atoms with Gasteiger partial charge in [-0.1, -0.05) is 23.3 Å². The number of allylic oxidation sites excluding steroid dienone is 4. The standard InChI is InChI=1S/C20H36O2Si/c1-16(2)21-23(22-17(3)4)15-20(18-11-7-5-8-12-18)19-13-9-6-10-14-19/h11,13,16-17,20,23H,5-10,12,14-15H2,1-4H3. The van der Waals surface area contributed by atoms with Crippen molar-refractivity contribution in [3.8, 4) is 0 Å². The molecular weight excluding hydrogens is 300 g/mol. The van der Waals surface area contributed by atoms with Crippen LogP contribution in [0, 0.1) is 5.92 Å². The molecule has 0 atom stereocenters. The van der Waals surface area contributed by atoms with Gasteiger partial charge in [-0.05, 0) is 85.1 Å². The Morgan fingerprint density at radius 1 is 0.826 bits per heavy atom. The number of rotatable bonds is 8. The van der Waals surface area contributed by atoms with E-state index in [1.807, 2.05) is 0 Å². The molecule has 0 aliphatic heterocycles. The third kappa shape index (κ3) is 6.56. The molecular formula is C20H36O2Si. The SMILES string of the molecule is CC(C)O[SiH](CC(C1=CCCCC1)C1=CCCCC1)OC(C)C. The predicted octanol–water partition coefficient (Wildman–Crippen LogP) is 5.67. The van der Waals surface area contributed by atoms with Crippen molar-refractivity contribution in [3.05, 3.63) is 23.3 Å². The molecule has 0 saturated heterocycles. The lowest BCUT2D eigenvalue weighted by Gasteiger charge is -2.31. The van der Waals surface area contributed by atoms with Crippen LogP contribution in [-0.4, -0.2) is 21.5 Å². The monoisotopic (exact) mass is 336 g/mol. The van der Waals surface area contributed by atoms with Crippen molar-refractivity contribution in [2.45, 2.75) is 97.3 Å². The lowest BCUT2D eigenvalue weighted by atomic mass is 9.81. The molecule has 23 heavy (non-hydrogen) atoms. The maximum absolute atomic E-state index is 6.24. The second-order valence-corrected chi connectivity index (χ2v) is 9.51. The van der Waals surface area contributed by atoms with E-state index < -0.39 is 9.28 Å². The topological polar surface area (TPSA) is 18.5 Å². The average Bonchev–Trinajstić information content (AvgIpc) is 2.53. The zero-order valence-electron chi connectivity index (χ0n) is 15.6. The van der Waals surface area contributed by atoms with Gasteiger partial charge in [0, 0.05) is 18.1 Å². The van der Waals surface area contributed by atoms with Gasteiger partial charge in [0.25, 0.3) is 0 Å². The van der Waals surface area contributed by atoms with Crippen molar-refractivity contribution in [2.75, 3.05) is 0 Å². The van der Waals surface area contributed by atoms with E-state index in [2.05, 4.69) is 39.8 Å². The summed E-state index contributed by atoms with van der Waals surface area (Å²) < 4.78 is 12.5. The van der Waals surface area contributed by atoms with Gasteiger partial charge in [-0.2, -0.15) is 0 Å². The van der Waals surface area contributed by atoms with Gasteiger partial charge in [0.1, 0.15) is 0 Å². The molecule has 0 bridgehead atoms. The molecule has 2 aliphatic carbocycles. The summed E-state index contributed by atoms with van der Waals surface area (Å²) in [4.78, 5) is 0. The van der Waals surface area contributed by atoms with Gasteiger partial charge in [0.15, 0.2) is 0 Å². The van der Waals surface area contributed by atoms with Crippen LogP contribution in [0.4, 0.5) is 0 Å². The number of hydrogen-bond donors (Lipinski definition) is 0. The molecule has 0 unspecified atom stereocenters. The van der Waals surface area contributed by atoms with Gasteiger partial charge in [0.05, 0.1) is 0 Å². The molecule has 0 amide bonds. The first-order chi connectivity index (χ1) is 11.1. The lowest BCUT2D eigenvalue weighted by molar-refractivity contribution is 0.128. The van der Waals surface area contributed by atoms with Crippen molar-refractivity contribution in [2.24, 2.45) is 5.92 Å². The van der Waals surface area contributed by atoms with E-state index in [0.717, 1.165) is 6.04 Å². The van der Waals surface area contributed by atoms with Crippen molar-refractivity contribution >= 4 is 9.28 Å². The molecule has 2 aliphatic rings. The smallest absolute Gasteiger partial charge is 0.322 e. The van der Waals surface area contributed by atoms with Gasteiger partial charge in [-0.3, -0.25) is 0 Å². The van der Waals surface area contributed by atoms with Crippen LogP contribution < -0.4 is 0 Å². The highest BCUT2D eigenvalue weighted by molar-refractivity contribution is 6.44. The van der Waals surface area contributed by atoms with Gasteiger partial charge >= 0.3 is 9.28 Å². The number of hydrogen-bond acceptors (Lipinski definition) is 2. The van der Waals surface area contributed by atoms with Crippen molar-refractivity contribution in [1.82, 2.24) is 0 Å². The van der Waals surface area contributed by atoms with Crippen LogP contribution in [0.1, 0.15) is 79.1 Å². The molecule has 0 radical (unpaired) electrons. The van der Waals surface area contributed by atoms with Crippen LogP contribution in [0.2, 0.25) is 6.04 Å². The zero-order chi connectivity index (χ0) is 16.7. The lowest BCUT2D eigenvalue weighted by Crippen LogP contribution is -2.32. The quantitative estimate of drug-likeness (QED) is 0.420. The normalized spacial score (nSPS) is 19.7. The minimum Gasteiger partial charge on any atom is -0.394 e. The first-order valence-corrected chi connectivity index (χ1v) is 11.5. The van der Waals surface area contributed by atoms with Crippen LogP contribution >= 0.6 is 0 Å². The Hall–Kier alpha value is -0.383. The molecule has 0 heterocycles. The minimum absolute atomic E-state index is 0.270. The van der Waals surface area contributed by atoms with E-state index in [1.165, 1.54) is 51.4 Å². The molecule has 3 heteroatoms. The Morgan fingerprint density at radius 2 is 1.30 bits per heavy atom. The summed E-state index contributed by atoms with van der Waals surface area (Å²) in [5, 5.41) is 0. The Balaban J connectivity index is 2.13. The van der Waals surface area contributed by atoms with Crippen LogP contribution in [0.5, 0.6) is 0 Å². The van der Waals surface area contributed by atoms with E-state index in [-0.39, 0.29) is 12.2 Å². The molecule has 132 valence electrons. The molecule has 2 rings (SSSR count). The Labute approximate surface area is 145 Å². The first-order valence-electron chi connectivity index (χ1n) is 9.75. The molecule has 0 aromatic rings. The fourth-order valence-electron chi connectivity index (χ4n) is 3.84. The summed E-state index contributed by atoms with van der Waals surface area (Å²) in [5.41, 5.74) is 3.36. The van der Waals surface area contributed by atoms with Gasteiger partial charge in [-0.25, -0.2) is 0 Å². The highest BCUT2D eigenvalue weighted by Crippen LogP contribution is 2.37. The molecule has 0 aromatic heterocycles. The summed E-state index contributed by atoms with van der Waals surface area (Å²) >= 11 is 0. The minimum atomic E-state index is -1.63. The maximum Gasteiger partial charge on any atom is 0.322 e.